The molecule has 3 rings (SSSR count). The van der Waals surface area contributed by atoms with Crippen molar-refractivity contribution in [1.82, 2.24) is 20.8 Å². The van der Waals surface area contributed by atoms with E-state index in [1.165, 1.54) is 0 Å². The van der Waals surface area contributed by atoms with Gasteiger partial charge in [0.2, 0.25) is 5.89 Å². The molecular formula is C13H20N4O3. The van der Waals surface area contributed by atoms with Crippen molar-refractivity contribution in [2.75, 3.05) is 19.7 Å². The zero-order valence-electron chi connectivity index (χ0n) is 11.6. The Morgan fingerprint density at radius 2 is 2.25 bits per heavy atom. The van der Waals surface area contributed by atoms with E-state index in [4.69, 9.17) is 9.26 Å². The number of nitrogens with one attached hydrogen (secondary N) is 2. The molecule has 20 heavy (non-hydrogen) atoms. The molecule has 1 aromatic heterocycles. The average Bonchev–Trinajstić information content (AvgIpc) is 3.10. The molecule has 1 unspecified atom stereocenters. The minimum absolute atomic E-state index is 0.0958. The molecule has 1 aliphatic carbocycles. The van der Waals surface area contributed by atoms with Crippen molar-refractivity contribution in [3.63, 3.8) is 0 Å². The number of aromatic nitrogens is 2. The Labute approximate surface area is 117 Å². The Morgan fingerprint density at radius 1 is 1.45 bits per heavy atom. The minimum atomic E-state index is -0.490. The molecule has 1 amide bonds. The third kappa shape index (κ3) is 2.55. The first-order valence-electron chi connectivity index (χ1n) is 7.15. The van der Waals surface area contributed by atoms with E-state index >= 15 is 0 Å². The van der Waals surface area contributed by atoms with Gasteiger partial charge in [0, 0.05) is 20.0 Å². The Hall–Kier alpha value is -1.47. The van der Waals surface area contributed by atoms with Crippen LogP contribution in [0.3, 0.4) is 0 Å². The quantitative estimate of drug-likeness (QED) is 0.825. The summed E-state index contributed by atoms with van der Waals surface area (Å²) in [6, 6.07) is 0. The topological polar surface area (TPSA) is 89.3 Å². The van der Waals surface area contributed by atoms with Gasteiger partial charge in [0.25, 0.3) is 5.91 Å². The standard InChI is InChI=1S/C13H20N4O3/c1-9-15-12(17-20-9)13(4-2-3-5-13)16-11(18)10-8-14-6-7-19-10/h10,14H,2-8H2,1H3,(H,16,18). The van der Waals surface area contributed by atoms with Gasteiger partial charge >= 0.3 is 0 Å². The smallest absolute Gasteiger partial charge is 0.251 e. The summed E-state index contributed by atoms with van der Waals surface area (Å²) in [6.07, 6.45) is 3.36. The lowest BCUT2D eigenvalue weighted by Gasteiger charge is -2.30. The lowest BCUT2D eigenvalue weighted by molar-refractivity contribution is -0.136. The molecule has 1 saturated carbocycles. The summed E-state index contributed by atoms with van der Waals surface area (Å²) in [6.45, 7) is 3.66. The van der Waals surface area contributed by atoms with Crippen LogP contribution in [0.2, 0.25) is 0 Å². The van der Waals surface area contributed by atoms with Gasteiger partial charge in [-0.3, -0.25) is 4.79 Å². The van der Waals surface area contributed by atoms with Gasteiger partial charge in [-0.1, -0.05) is 18.0 Å². The molecule has 1 atom stereocenters. The molecule has 1 aliphatic heterocycles. The molecule has 1 aromatic rings. The highest BCUT2D eigenvalue weighted by atomic mass is 16.5. The van der Waals surface area contributed by atoms with Crippen LogP contribution in [0, 0.1) is 6.92 Å². The normalized spacial score (nSPS) is 25.6. The van der Waals surface area contributed by atoms with Gasteiger partial charge in [0.15, 0.2) is 5.82 Å². The fraction of sp³-hybridized carbons (Fsp3) is 0.769. The number of hydrogen-bond donors (Lipinski definition) is 2. The number of hydrogen-bond acceptors (Lipinski definition) is 6. The summed E-state index contributed by atoms with van der Waals surface area (Å²) in [4.78, 5) is 16.7. The van der Waals surface area contributed by atoms with Gasteiger partial charge in [0.05, 0.1) is 6.61 Å². The van der Waals surface area contributed by atoms with Crippen molar-refractivity contribution in [2.45, 2.75) is 44.2 Å². The fourth-order valence-electron chi connectivity index (χ4n) is 2.93. The first-order chi connectivity index (χ1) is 9.70. The highest BCUT2D eigenvalue weighted by molar-refractivity contribution is 5.82. The summed E-state index contributed by atoms with van der Waals surface area (Å²) < 4.78 is 10.6. The Kier molecular flexibility index (Phi) is 3.71. The van der Waals surface area contributed by atoms with E-state index in [1.807, 2.05) is 0 Å². The second-order valence-corrected chi connectivity index (χ2v) is 5.48. The summed E-state index contributed by atoms with van der Waals surface area (Å²) in [5.41, 5.74) is -0.490. The SMILES string of the molecule is Cc1nc(C2(NC(=O)C3CNCCO3)CCCC2)no1. The molecule has 0 radical (unpaired) electrons. The molecule has 2 heterocycles. The molecule has 7 nitrogen and oxygen atoms in total. The number of morpholine rings is 1. The van der Waals surface area contributed by atoms with Crippen molar-refractivity contribution in [3.8, 4) is 0 Å². The number of carbonyl (C=O) groups excluding carboxylic acids is 1. The van der Waals surface area contributed by atoms with Gasteiger partial charge in [-0.25, -0.2) is 0 Å². The van der Waals surface area contributed by atoms with Crippen LogP contribution in [0.1, 0.15) is 37.4 Å². The monoisotopic (exact) mass is 280 g/mol. The molecule has 110 valence electrons. The molecule has 0 aromatic carbocycles. The Bertz CT molecular complexity index is 476. The van der Waals surface area contributed by atoms with Crippen LogP contribution in [0.4, 0.5) is 0 Å². The Morgan fingerprint density at radius 3 is 2.85 bits per heavy atom. The van der Waals surface area contributed by atoms with Gasteiger partial charge in [-0.15, -0.1) is 0 Å². The van der Waals surface area contributed by atoms with E-state index < -0.39 is 11.6 Å². The lowest BCUT2D eigenvalue weighted by Crippen LogP contribution is -2.53. The van der Waals surface area contributed by atoms with Gasteiger partial charge in [0.1, 0.15) is 11.6 Å². The van der Waals surface area contributed by atoms with Gasteiger partial charge in [-0.05, 0) is 12.8 Å². The largest absolute Gasteiger partial charge is 0.366 e. The van der Waals surface area contributed by atoms with Crippen molar-refractivity contribution in [2.24, 2.45) is 0 Å². The number of ether oxygens (including phenoxy) is 1. The zero-order chi connectivity index (χ0) is 14.0. The zero-order valence-corrected chi connectivity index (χ0v) is 11.6. The van der Waals surface area contributed by atoms with Crippen LogP contribution >= 0.6 is 0 Å². The van der Waals surface area contributed by atoms with Crippen LogP contribution in [-0.2, 0) is 15.1 Å². The first-order valence-corrected chi connectivity index (χ1v) is 7.15. The summed E-state index contributed by atoms with van der Waals surface area (Å²) in [7, 11) is 0. The molecule has 2 fully saturated rings. The number of nitrogens with zero attached hydrogens (tertiary/aromatic N) is 2. The first kappa shape index (κ1) is 13.5. The molecule has 2 N–H and O–H groups in total. The third-order valence-electron chi connectivity index (χ3n) is 4.00. The fourth-order valence-corrected chi connectivity index (χ4v) is 2.93. The summed E-state index contributed by atoms with van der Waals surface area (Å²) >= 11 is 0. The molecular weight excluding hydrogens is 260 g/mol. The van der Waals surface area contributed by atoms with Crippen LogP contribution in [0.25, 0.3) is 0 Å². The molecule has 7 heteroatoms. The van der Waals surface area contributed by atoms with Crippen LogP contribution in [0.5, 0.6) is 0 Å². The van der Waals surface area contributed by atoms with Gasteiger partial charge < -0.3 is 19.9 Å². The third-order valence-corrected chi connectivity index (χ3v) is 4.00. The van der Waals surface area contributed by atoms with Crippen LogP contribution < -0.4 is 10.6 Å². The van der Waals surface area contributed by atoms with E-state index in [0.29, 0.717) is 24.9 Å². The highest BCUT2D eigenvalue weighted by Gasteiger charge is 2.42. The van der Waals surface area contributed by atoms with E-state index in [9.17, 15) is 4.79 Å². The van der Waals surface area contributed by atoms with E-state index in [1.54, 1.807) is 6.92 Å². The molecule has 0 spiro atoms. The maximum Gasteiger partial charge on any atom is 0.251 e. The number of aryl methyl sites for hydroxylation is 1. The number of carbonyl (C=O) groups is 1. The second-order valence-electron chi connectivity index (χ2n) is 5.48. The Balaban J connectivity index is 1.75. The maximum absolute atomic E-state index is 12.4. The van der Waals surface area contributed by atoms with E-state index in [2.05, 4.69) is 20.8 Å². The number of rotatable bonds is 3. The second kappa shape index (κ2) is 5.49. The van der Waals surface area contributed by atoms with Crippen molar-refractivity contribution in [1.29, 1.82) is 0 Å². The van der Waals surface area contributed by atoms with Crippen molar-refractivity contribution in [3.05, 3.63) is 11.7 Å². The van der Waals surface area contributed by atoms with Crippen LogP contribution in [-0.4, -0.2) is 41.8 Å². The molecule has 2 aliphatic rings. The number of amides is 1. The predicted octanol–water partition coefficient (Wildman–Crippen LogP) is 0.252. The maximum atomic E-state index is 12.4. The summed E-state index contributed by atoms with van der Waals surface area (Å²) in [5.74, 6) is 1.02. The summed E-state index contributed by atoms with van der Waals surface area (Å²) in [5, 5.41) is 10.3. The molecule has 0 bridgehead atoms. The molecule has 1 saturated heterocycles. The lowest BCUT2D eigenvalue weighted by atomic mass is 9.96. The van der Waals surface area contributed by atoms with E-state index in [0.717, 1.165) is 32.2 Å². The minimum Gasteiger partial charge on any atom is -0.366 e. The highest BCUT2D eigenvalue weighted by Crippen LogP contribution is 2.37. The predicted molar refractivity (Wildman–Crippen MR) is 69.9 cm³/mol. The van der Waals surface area contributed by atoms with Crippen LogP contribution in [0.15, 0.2) is 4.52 Å². The van der Waals surface area contributed by atoms with Crippen molar-refractivity contribution < 1.29 is 14.1 Å². The van der Waals surface area contributed by atoms with Gasteiger partial charge in [-0.2, -0.15) is 4.98 Å². The average molecular weight is 280 g/mol. The van der Waals surface area contributed by atoms with Crippen molar-refractivity contribution >= 4 is 5.91 Å². The van der Waals surface area contributed by atoms with E-state index in [-0.39, 0.29) is 5.91 Å².